The number of hydrogen-bond acceptors (Lipinski definition) is 4. The molecule has 0 radical (unpaired) electrons. The molecule has 0 atom stereocenters. The van der Waals surface area contributed by atoms with E-state index in [0.29, 0.717) is 0 Å². The summed E-state index contributed by atoms with van der Waals surface area (Å²) < 4.78 is 18.7. The second-order valence-electron chi connectivity index (χ2n) is 5.00. The smallest absolute Gasteiger partial charge is 0.412 e. The van der Waals surface area contributed by atoms with Crippen LogP contribution in [-0.2, 0) is 4.74 Å². The van der Waals surface area contributed by atoms with Crippen LogP contribution in [0, 0.1) is 22.9 Å². The Bertz CT molecular complexity index is 500. The lowest BCUT2D eigenvalue weighted by Crippen LogP contribution is -2.27. The first-order valence-electron chi connectivity index (χ1n) is 5.54. The molecule has 19 heavy (non-hydrogen) atoms. The fraction of sp³-hybridized carbons (Fsp3) is 0.417. The molecule has 1 rings (SSSR count). The van der Waals surface area contributed by atoms with E-state index in [1.165, 1.54) is 13.0 Å². The number of nitro benzene ring substituents is 1. The molecule has 0 fully saturated rings. The second-order valence-corrected chi connectivity index (χ2v) is 5.00. The van der Waals surface area contributed by atoms with E-state index in [0.717, 1.165) is 6.07 Å². The number of carbonyl (C=O) groups is 1. The molecule has 0 unspecified atom stereocenters. The number of benzene rings is 1. The van der Waals surface area contributed by atoms with Gasteiger partial charge in [0.2, 0.25) is 0 Å². The SMILES string of the molecule is Cc1cc([N+](=O)[O-])cc(F)c1NC(=O)OC(C)(C)C. The third kappa shape index (κ3) is 4.20. The van der Waals surface area contributed by atoms with Crippen LogP contribution in [0.1, 0.15) is 26.3 Å². The van der Waals surface area contributed by atoms with Crippen molar-refractivity contribution < 1.29 is 18.8 Å². The first-order valence-corrected chi connectivity index (χ1v) is 5.54. The van der Waals surface area contributed by atoms with Gasteiger partial charge >= 0.3 is 6.09 Å². The summed E-state index contributed by atoms with van der Waals surface area (Å²) in [6, 6.07) is 1.93. The molecule has 7 heteroatoms. The van der Waals surface area contributed by atoms with Gasteiger partial charge in [0.05, 0.1) is 16.7 Å². The number of amides is 1. The van der Waals surface area contributed by atoms with Crippen molar-refractivity contribution in [3.63, 3.8) is 0 Å². The number of carbonyl (C=O) groups excluding carboxylic acids is 1. The van der Waals surface area contributed by atoms with Crippen molar-refractivity contribution in [3.05, 3.63) is 33.6 Å². The van der Waals surface area contributed by atoms with Crippen molar-refractivity contribution in [1.82, 2.24) is 0 Å². The molecule has 0 aliphatic heterocycles. The summed E-state index contributed by atoms with van der Waals surface area (Å²) in [5.74, 6) is -0.877. The van der Waals surface area contributed by atoms with Crippen LogP contribution in [-0.4, -0.2) is 16.6 Å². The number of nitrogens with one attached hydrogen (secondary N) is 1. The Morgan fingerprint density at radius 3 is 2.42 bits per heavy atom. The predicted molar refractivity (Wildman–Crippen MR) is 67.6 cm³/mol. The lowest BCUT2D eigenvalue weighted by atomic mass is 10.1. The summed E-state index contributed by atoms with van der Waals surface area (Å²) in [5, 5.41) is 12.8. The molecule has 1 N–H and O–H groups in total. The topological polar surface area (TPSA) is 81.5 Å². The summed E-state index contributed by atoms with van der Waals surface area (Å²) >= 11 is 0. The van der Waals surface area contributed by atoms with Gasteiger partial charge in [0, 0.05) is 6.07 Å². The van der Waals surface area contributed by atoms with E-state index >= 15 is 0 Å². The van der Waals surface area contributed by atoms with Gasteiger partial charge in [-0.1, -0.05) is 0 Å². The number of non-ortho nitro benzene ring substituents is 1. The van der Waals surface area contributed by atoms with Crippen molar-refractivity contribution in [2.75, 3.05) is 5.32 Å². The minimum absolute atomic E-state index is 0.125. The average molecular weight is 270 g/mol. The van der Waals surface area contributed by atoms with Crippen LogP contribution in [0.25, 0.3) is 0 Å². The zero-order chi connectivity index (χ0) is 14.8. The second kappa shape index (κ2) is 5.21. The van der Waals surface area contributed by atoms with Crippen molar-refractivity contribution >= 4 is 17.5 Å². The van der Waals surface area contributed by atoms with Gasteiger partial charge in [0.15, 0.2) is 5.82 Å². The highest BCUT2D eigenvalue weighted by Gasteiger charge is 2.20. The normalized spacial score (nSPS) is 11.0. The lowest BCUT2D eigenvalue weighted by molar-refractivity contribution is -0.385. The molecule has 0 bridgehead atoms. The number of halogens is 1. The quantitative estimate of drug-likeness (QED) is 0.659. The molecule has 0 saturated heterocycles. The third-order valence-corrected chi connectivity index (χ3v) is 2.11. The van der Waals surface area contributed by atoms with Gasteiger partial charge in [-0.05, 0) is 33.3 Å². The molecule has 0 aliphatic carbocycles. The van der Waals surface area contributed by atoms with E-state index in [1.54, 1.807) is 20.8 Å². The van der Waals surface area contributed by atoms with E-state index in [-0.39, 0.29) is 16.9 Å². The van der Waals surface area contributed by atoms with Crippen molar-refractivity contribution in [1.29, 1.82) is 0 Å². The Kier molecular flexibility index (Phi) is 4.08. The highest BCUT2D eigenvalue weighted by molar-refractivity contribution is 5.86. The Labute approximate surface area is 109 Å². The molecule has 6 nitrogen and oxygen atoms in total. The maximum absolute atomic E-state index is 13.7. The van der Waals surface area contributed by atoms with Gasteiger partial charge in [-0.2, -0.15) is 0 Å². The largest absolute Gasteiger partial charge is 0.444 e. The standard InChI is InChI=1S/C12H15FN2O4/c1-7-5-8(15(17)18)6-9(13)10(7)14-11(16)19-12(2,3)4/h5-6H,1-4H3,(H,14,16). The zero-order valence-electron chi connectivity index (χ0n) is 11.1. The number of nitrogens with zero attached hydrogens (tertiary/aromatic N) is 1. The molecule has 1 aromatic carbocycles. The number of rotatable bonds is 2. The molecule has 0 aliphatic rings. The van der Waals surface area contributed by atoms with Crippen LogP contribution in [0.3, 0.4) is 0 Å². The van der Waals surface area contributed by atoms with Crippen molar-refractivity contribution in [3.8, 4) is 0 Å². The maximum Gasteiger partial charge on any atom is 0.412 e. The summed E-state index contributed by atoms with van der Waals surface area (Å²) in [6.45, 7) is 6.48. The molecular weight excluding hydrogens is 255 g/mol. The van der Waals surface area contributed by atoms with Crippen molar-refractivity contribution in [2.45, 2.75) is 33.3 Å². The number of nitro groups is 1. The van der Waals surface area contributed by atoms with Crippen LogP contribution in [0.15, 0.2) is 12.1 Å². The van der Waals surface area contributed by atoms with E-state index in [4.69, 9.17) is 4.74 Å². The summed E-state index contributed by atoms with van der Waals surface area (Å²) in [4.78, 5) is 21.4. The summed E-state index contributed by atoms with van der Waals surface area (Å²) in [5.41, 5.74) is -0.961. The van der Waals surface area contributed by atoms with Crippen LogP contribution in [0.5, 0.6) is 0 Å². The van der Waals surface area contributed by atoms with Crippen LogP contribution < -0.4 is 5.32 Å². The molecule has 0 heterocycles. The highest BCUT2D eigenvalue weighted by atomic mass is 19.1. The van der Waals surface area contributed by atoms with Crippen LogP contribution >= 0.6 is 0 Å². The number of anilines is 1. The third-order valence-electron chi connectivity index (χ3n) is 2.11. The average Bonchev–Trinajstić information content (AvgIpc) is 2.20. The first kappa shape index (κ1) is 14.9. The fourth-order valence-electron chi connectivity index (χ4n) is 1.40. The molecule has 1 aromatic rings. The van der Waals surface area contributed by atoms with Crippen LogP contribution in [0.4, 0.5) is 20.6 Å². The molecule has 0 aromatic heterocycles. The summed E-state index contributed by atoms with van der Waals surface area (Å²) in [6.07, 6.45) is -0.816. The van der Waals surface area contributed by atoms with Gasteiger partial charge in [-0.25, -0.2) is 9.18 Å². The van der Waals surface area contributed by atoms with Gasteiger partial charge in [0.1, 0.15) is 5.60 Å². The van der Waals surface area contributed by atoms with Gasteiger partial charge in [0.25, 0.3) is 5.69 Å². The molecule has 0 spiro atoms. The summed E-state index contributed by atoms with van der Waals surface area (Å²) in [7, 11) is 0. The Hall–Kier alpha value is -2.18. The lowest BCUT2D eigenvalue weighted by Gasteiger charge is -2.20. The molecule has 1 amide bonds. The van der Waals surface area contributed by atoms with Gasteiger partial charge in [-0.3, -0.25) is 15.4 Å². The fourth-order valence-corrected chi connectivity index (χ4v) is 1.40. The number of ether oxygens (including phenoxy) is 1. The predicted octanol–water partition coefficient (Wildman–Crippen LogP) is 3.39. The highest BCUT2D eigenvalue weighted by Crippen LogP contribution is 2.25. The molecular formula is C12H15FN2O4. The van der Waals surface area contributed by atoms with E-state index < -0.39 is 22.4 Å². The van der Waals surface area contributed by atoms with E-state index in [1.807, 2.05) is 0 Å². The number of hydrogen-bond donors (Lipinski definition) is 1. The molecule has 0 saturated carbocycles. The zero-order valence-corrected chi connectivity index (χ0v) is 11.1. The molecule has 104 valence electrons. The Morgan fingerprint density at radius 1 is 1.42 bits per heavy atom. The minimum atomic E-state index is -0.877. The minimum Gasteiger partial charge on any atom is -0.444 e. The van der Waals surface area contributed by atoms with E-state index in [9.17, 15) is 19.3 Å². The van der Waals surface area contributed by atoms with E-state index in [2.05, 4.69) is 5.32 Å². The van der Waals surface area contributed by atoms with Crippen LogP contribution in [0.2, 0.25) is 0 Å². The first-order chi connectivity index (χ1) is 8.60. The Morgan fingerprint density at radius 2 is 2.00 bits per heavy atom. The Balaban J connectivity index is 2.97. The van der Waals surface area contributed by atoms with Crippen molar-refractivity contribution in [2.24, 2.45) is 0 Å². The number of aryl methyl sites for hydroxylation is 1. The maximum atomic E-state index is 13.7. The van der Waals surface area contributed by atoms with Gasteiger partial charge in [-0.15, -0.1) is 0 Å². The monoisotopic (exact) mass is 270 g/mol. The van der Waals surface area contributed by atoms with Gasteiger partial charge < -0.3 is 4.74 Å².